The summed E-state index contributed by atoms with van der Waals surface area (Å²) in [6.45, 7) is 1.99. The smallest absolute Gasteiger partial charge is 0.276 e. The number of methoxy groups -OCH3 is 1. The Balaban J connectivity index is 1.22. The quantitative estimate of drug-likeness (QED) is 0.548. The largest absolute Gasteiger partial charge is 0.494 e. The van der Waals surface area contributed by atoms with Crippen LogP contribution in [0.1, 0.15) is 38.2 Å². The summed E-state index contributed by atoms with van der Waals surface area (Å²) in [5, 5.41) is 8.95. The number of aromatic nitrogens is 3. The lowest BCUT2D eigenvalue weighted by Crippen LogP contribution is -2.50. The maximum absolute atomic E-state index is 14.0. The summed E-state index contributed by atoms with van der Waals surface area (Å²) in [7, 11) is 1.37. The van der Waals surface area contributed by atoms with E-state index in [1.807, 2.05) is 24.3 Å². The molecule has 0 radical (unpaired) electrons. The van der Waals surface area contributed by atoms with Gasteiger partial charge in [-0.05, 0) is 35.9 Å². The Hall–Kier alpha value is -3.50. The van der Waals surface area contributed by atoms with Gasteiger partial charge in [-0.1, -0.05) is 28.9 Å². The third-order valence-corrected chi connectivity index (χ3v) is 6.55. The number of hydrogen-bond acceptors (Lipinski definition) is 6. The molecule has 1 fully saturated rings. The minimum Gasteiger partial charge on any atom is -0.494 e. The lowest BCUT2D eigenvalue weighted by Gasteiger charge is -2.34. The van der Waals surface area contributed by atoms with Gasteiger partial charge in [-0.25, -0.2) is 9.07 Å². The molecule has 0 aliphatic carbocycles. The Labute approximate surface area is 206 Å². The second kappa shape index (κ2) is 9.63. The van der Waals surface area contributed by atoms with E-state index in [9.17, 15) is 14.0 Å². The number of carbonyl (C=O) groups is 2. The van der Waals surface area contributed by atoms with Crippen LogP contribution in [0.3, 0.4) is 0 Å². The van der Waals surface area contributed by atoms with Gasteiger partial charge < -0.3 is 19.3 Å². The van der Waals surface area contributed by atoms with Gasteiger partial charge >= 0.3 is 0 Å². The zero-order valence-corrected chi connectivity index (χ0v) is 19.7. The minimum absolute atomic E-state index is 0.0810. The first-order valence-corrected chi connectivity index (χ1v) is 11.5. The average Bonchev–Trinajstić information content (AvgIpc) is 3.31. The second-order valence-corrected chi connectivity index (χ2v) is 8.79. The van der Waals surface area contributed by atoms with E-state index in [0.717, 1.165) is 5.56 Å². The summed E-state index contributed by atoms with van der Waals surface area (Å²) in [6, 6.07) is 11.5. The second-order valence-electron chi connectivity index (χ2n) is 8.35. The van der Waals surface area contributed by atoms with E-state index in [1.165, 1.54) is 25.3 Å². The number of nitrogens with zero attached hydrogens (tertiary/aromatic N) is 5. The average molecular weight is 500 g/mol. The maximum atomic E-state index is 14.0. The summed E-state index contributed by atoms with van der Waals surface area (Å²) in [4.78, 5) is 29.2. The molecular formula is C24H23ClFN5O4. The van der Waals surface area contributed by atoms with Crippen molar-refractivity contribution in [1.29, 1.82) is 0 Å². The van der Waals surface area contributed by atoms with Crippen molar-refractivity contribution in [3.05, 3.63) is 75.8 Å². The summed E-state index contributed by atoms with van der Waals surface area (Å²) in [5.41, 5.74) is 2.10. The summed E-state index contributed by atoms with van der Waals surface area (Å²) in [5.74, 6) is -1.05. The molecule has 1 aromatic heterocycles. The van der Waals surface area contributed by atoms with E-state index in [0.29, 0.717) is 43.4 Å². The minimum atomic E-state index is -0.593. The van der Waals surface area contributed by atoms with Crippen molar-refractivity contribution in [2.45, 2.75) is 19.3 Å². The predicted molar refractivity (Wildman–Crippen MR) is 124 cm³/mol. The van der Waals surface area contributed by atoms with Crippen molar-refractivity contribution in [1.82, 2.24) is 24.8 Å². The number of ether oxygens (including phenoxy) is 2. The first-order valence-electron chi connectivity index (χ1n) is 11.2. The molecule has 0 bridgehead atoms. The molecule has 5 rings (SSSR count). The van der Waals surface area contributed by atoms with Crippen LogP contribution in [0.2, 0.25) is 5.02 Å². The van der Waals surface area contributed by atoms with Gasteiger partial charge in [0.15, 0.2) is 17.3 Å². The van der Waals surface area contributed by atoms with Gasteiger partial charge in [-0.3, -0.25) is 9.59 Å². The molecule has 11 heteroatoms. The fourth-order valence-electron chi connectivity index (χ4n) is 4.30. The third-order valence-electron chi connectivity index (χ3n) is 6.29. The number of hydrogen-bond donors (Lipinski definition) is 0. The van der Waals surface area contributed by atoms with Gasteiger partial charge in [0.2, 0.25) is 0 Å². The topological polar surface area (TPSA) is 89.8 Å². The SMILES string of the molecule is COc1ccc(C(=O)N2CCN(C(=O)c3nnn4c3COC(c3ccc(Cl)cc3)C4)CC2)cc1F. The Morgan fingerprint density at radius 2 is 1.74 bits per heavy atom. The molecule has 35 heavy (non-hydrogen) atoms. The molecule has 0 saturated carbocycles. The van der Waals surface area contributed by atoms with Crippen LogP contribution >= 0.6 is 11.6 Å². The normalized spacial score (nSPS) is 17.7. The standard InChI is InChI=1S/C24H23ClFN5O4/c1-34-20-7-4-16(12-18(20)26)23(32)29-8-10-30(11-9-29)24(33)22-19-14-35-21(13-31(19)28-27-22)15-2-5-17(25)6-3-15/h2-7,12,21H,8-11,13-14H2,1H3. The maximum Gasteiger partial charge on any atom is 0.276 e. The highest BCUT2D eigenvalue weighted by molar-refractivity contribution is 6.30. The Bertz CT molecular complexity index is 1260. The van der Waals surface area contributed by atoms with E-state index in [2.05, 4.69) is 10.3 Å². The van der Waals surface area contributed by atoms with Crippen LogP contribution in [-0.2, 0) is 17.9 Å². The number of fused-ring (bicyclic) bond motifs is 1. The molecule has 1 atom stereocenters. The summed E-state index contributed by atoms with van der Waals surface area (Å²) >= 11 is 5.97. The van der Waals surface area contributed by atoms with E-state index in [4.69, 9.17) is 21.1 Å². The molecule has 1 saturated heterocycles. The highest BCUT2D eigenvalue weighted by Gasteiger charge is 2.32. The Morgan fingerprint density at radius 3 is 2.40 bits per heavy atom. The van der Waals surface area contributed by atoms with Gasteiger partial charge in [-0.15, -0.1) is 5.10 Å². The molecule has 182 valence electrons. The zero-order chi connectivity index (χ0) is 24.5. The summed E-state index contributed by atoms with van der Waals surface area (Å²) in [6.07, 6.45) is -0.207. The van der Waals surface area contributed by atoms with Crippen LogP contribution in [0, 0.1) is 5.82 Å². The number of halogens is 2. The van der Waals surface area contributed by atoms with Gasteiger partial charge in [0.1, 0.15) is 6.10 Å². The molecule has 2 amide bonds. The number of amides is 2. The van der Waals surface area contributed by atoms with Crippen LogP contribution < -0.4 is 4.74 Å². The molecule has 2 aromatic carbocycles. The number of rotatable bonds is 4. The molecule has 0 N–H and O–H groups in total. The molecule has 0 spiro atoms. The van der Waals surface area contributed by atoms with Crippen LogP contribution in [0.5, 0.6) is 5.75 Å². The van der Waals surface area contributed by atoms with Crippen LogP contribution in [-0.4, -0.2) is 69.9 Å². The molecule has 1 unspecified atom stereocenters. The van der Waals surface area contributed by atoms with Crippen molar-refractivity contribution in [2.75, 3.05) is 33.3 Å². The molecule has 3 aromatic rings. The van der Waals surface area contributed by atoms with Crippen molar-refractivity contribution < 1.29 is 23.5 Å². The lowest BCUT2D eigenvalue weighted by molar-refractivity contribution is -0.00202. The zero-order valence-electron chi connectivity index (χ0n) is 19.0. The Kier molecular flexibility index (Phi) is 6.40. The van der Waals surface area contributed by atoms with Gasteiger partial charge in [0.25, 0.3) is 11.8 Å². The molecule has 2 aliphatic heterocycles. The van der Waals surface area contributed by atoms with Gasteiger partial charge in [0.05, 0.1) is 26.0 Å². The Morgan fingerprint density at radius 1 is 1.06 bits per heavy atom. The monoisotopic (exact) mass is 499 g/mol. The first kappa shape index (κ1) is 23.3. The molecule has 3 heterocycles. The van der Waals surface area contributed by atoms with Gasteiger partial charge in [0, 0.05) is 36.8 Å². The summed E-state index contributed by atoms with van der Waals surface area (Å²) < 4.78 is 26.6. The van der Waals surface area contributed by atoms with Crippen molar-refractivity contribution in [2.24, 2.45) is 0 Å². The van der Waals surface area contributed by atoms with Crippen LogP contribution in [0.15, 0.2) is 42.5 Å². The van der Waals surface area contributed by atoms with Crippen LogP contribution in [0.4, 0.5) is 4.39 Å². The number of carbonyl (C=O) groups excluding carboxylic acids is 2. The van der Waals surface area contributed by atoms with Gasteiger partial charge in [-0.2, -0.15) is 0 Å². The van der Waals surface area contributed by atoms with Crippen molar-refractivity contribution in [3.63, 3.8) is 0 Å². The molecule has 2 aliphatic rings. The third kappa shape index (κ3) is 4.59. The van der Waals surface area contributed by atoms with Crippen molar-refractivity contribution in [3.8, 4) is 5.75 Å². The predicted octanol–water partition coefficient (Wildman–Crippen LogP) is 2.95. The highest BCUT2D eigenvalue weighted by Crippen LogP contribution is 2.28. The molecular weight excluding hydrogens is 477 g/mol. The fourth-order valence-corrected chi connectivity index (χ4v) is 4.43. The van der Waals surface area contributed by atoms with E-state index in [1.54, 1.807) is 14.5 Å². The highest BCUT2D eigenvalue weighted by atomic mass is 35.5. The lowest BCUT2D eigenvalue weighted by atomic mass is 10.1. The number of piperazine rings is 1. The van der Waals surface area contributed by atoms with Crippen LogP contribution in [0.25, 0.3) is 0 Å². The number of benzene rings is 2. The van der Waals surface area contributed by atoms with Crippen molar-refractivity contribution >= 4 is 23.4 Å². The van der Waals surface area contributed by atoms with E-state index >= 15 is 0 Å². The van der Waals surface area contributed by atoms with E-state index < -0.39 is 5.82 Å². The fraction of sp³-hybridized carbons (Fsp3) is 0.333. The first-order chi connectivity index (χ1) is 16.9. The molecule has 9 nitrogen and oxygen atoms in total. The van der Waals surface area contributed by atoms with E-state index in [-0.39, 0.29) is 41.5 Å².